The summed E-state index contributed by atoms with van der Waals surface area (Å²) in [5.74, 6) is -5.03. The van der Waals surface area contributed by atoms with E-state index in [0.29, 0.717) is 23.4 Å². The Labute approximate surface area is 256 Å². The van der Waals surface area contributed by atoms with E-state index in [0.717, 1.165) is 20.1 Å². The molecule has 1 amide bonds. The first kappa shape index (κ1) is 32.7. The van der Waals surface area contributed by atoms with Crippen LogP contribution in [0, 0.1) is 17.6 Å². The summed E-state index contributed by atoms with van der Waals surface area (Å²) >= 11 is 0. The number of carbonyl (C=O) groups excluding carboxylic acids is 1. The van der Waals surface area contributed by atoms with Gasteiger partial charge in [-0.05, 0) is 39.8 Å². The lowest BCUT2D eigenvalue weighted by molar-refractivity contribution is -0.275. The van der Waals surface area contributed by atoms with E-state index in [-0.39, 0.29) is 31.1 Å². The Morgan fingerprint density at radius 2 is 1.91 bits per heavy atom. The zero-order valence-electron chi connectivity index (χ0n) is 25.7. The zero-order chi connectivity index (χ0) is 33.1. The quantitative estimate of drug-likeness (QED) is 0.353. The number of fused-ring (bicyclic) bond motifs is 1. The number of pyridine rings is 1. The van der Waals surface area contributed by atoms with Crippen molar-refractivity contribution in [3.05, 3.63) is 47.4 Å². The number of benzene rings is 1. The Balaban J connectivity index is 1.54. The number of aliphatic hydroxyl groups is 1. The molecule has 10 nitrogen and oxygen atoms in total. The molecular formula is C30H36F5N5O5. The average Bonchev–Trinajstić information content (AvgIpc) is 3.52. The predicted molar refractivity (Wildman–Crippen MR) is 153 cm³/mol. The maximum Gasteiger partial charge on any atom is 0.417 e. The van der Waals surface area contributed by atoms with Crippen molar-refractivity contribution in [1.29, 1.82) is 0 Å². The number of methoxy groups -OCH3 is 1. The van der Waals surface area contributed by atoms with Gasteiger partial charge in [0.25, 0.3) is 0 Å². The first-order chi connectivity index (χ1) is 21.0. The van der Waals surface area contributed by atoms with Crippen LogP contribution in [0.3, 0.4) is 0 Å². The first-order valence-electron chi connectivity index (χ1n) is 14.5. The van der Waals surface area contributed by atoms with E-state index in [4.69, 9.17) is 14.2 Å². The molecule has 2 aliphatic rings. The molecule has 2 aliphatic heterocycles. The van der Waals surface area contributed by atoms with Crippen molar-refractivity contribution >= 4 is 22.9 Å². The predicted octanol–water partition coefficient (Wildman–Crippen LogP) is 5.47. The maximum absolute atomic E-state index is 14.8. The molecule has 2 aromatic heterocycles. The summed E-state index contributed by atoms with van der Waals surface area (Å²) in [5.41, 5.74) is -2.62. The van der Waals surface area contributed by atoms with Crippen molar-refractivity contribution in [1.82, 2.24) is 19.9 Å². The second-order valence-corrected chi connectivity index (χ2v) is 12.6. The third kappa shape index (κ3) is 5.75. The molecule has 5 atom stereocenters. The van der Waals surface area contributed by atoms with Crippen molar-refractivity contribution in [2.45, 2.75) is 70.1 Å². The number of nitrogens with one attached hydrogen (secondary N) is 1. The number of hydrogen-bond donors (Lipinski definition) is 2. The maximum atomic E-state index is 14.8. The average molecular weight is 642 g/mol. The Morgan fingerprint density at radius 3 is 2.53 bits per heavy atom. The molecule has 15 heteroatoms. The number of amides is 1. The molecule has 0 saturated carbocycles. The smallest absolute Gasteiger partial charge is 0.417 e. The number of ether oxygens (including phenoxy) is 3. The molecule has 3 aromatic rings. The van der Waals surface area contributed by atoms with Crippen molar-refractivity contribution in [2.24, 2.45) is 5.92 Å². The van der Waals surface area contributed by atoms with Gasteiger partial charge in [0.15, 0.2) is 23.0 Å². The van der Waals surface area contributed by atoms with Crippen molar-refractivity contribution < 1.29 is 46.1 Å². The molecule has 2 fully saturated rings. The molecule has 246 valence electrons. The van der Waals surface area contributed by atoms with Gasteiger partial charge in [-0.2, -0.15) is 17.6 Å². The lowest BCUT2D eigenvalue weighted by Crippen LogP contribution is -2.57. The minimum absolute atomic E-state index is 0.00438. The number of aromatic nitrogens is 3. The van der Waals surface area contributed by atoms with E-state index in [1.165, 1.54) is 24.1 Å². The number of halogens is 5. The Morgan fingerprint density at radius 1 is 1.20 bits per heavy atom. The summed E-state index contributed by atoms with van der Waals surface area (Å²) in [6.07, 6.45) is -5.23. The highest BCUT2D eigenvalue weighted by Crippen LogP contribution is 2.59. The third-order valence-corrected chi connectivity index (χ3v) is 8.60. The van der Waals surface area contributed by atoms with Crippen LogP contribution >= 0.6 is 0 Å². The van der Waals surface area contributed by atoms with Gasteiger partial charge in [0.05, 0.1) is 25.3 Å². The SMILES string of the molecule is COc1c([C@H]2[C@H](c3nc4c(N5CCN(C(=O)OC(C)(C)C)[C@H](CO)C5)nccc4[nH]3)O[C@@](C)(C(F)(F)F)[C@H]2C)ccc(F)c1F. The molecule has 0 aliphatic carbocycles. The number of alkyl halides is 3. The number of nitrogens with zero attached hydrogens (tertiary/aromatic N) is 4. The molecule has 2 saturated heterocycles. The van der Waals surface area contributed by atoms with E-state index in [2.05, 4.69) is 15.0 Å². The van der Waals surface area contributed by atoms with Crippen molar-refractivity contribution in [2.75, 3.05) is 38.3 Å². The topological polar surface area (TPSA) is 113 Å². The number of rotatable bonds is 5. The lowest BCUT2D eigenvalue weighted by atomic mass is 9.77. The van der Waals surface area contributed by atoms with Crippen LogP contribution in [-0.4, -0.2) is 87.8 Å². The number of imidazole rings is 1. The van der Waals surface area contributed by atoms with Crippen LogP contribution in [0.15, 0.2) is 24.4 Å². The van der Waals surface area contributed by atoms with E-state index in [1.54, 1.807) is 26.8 Å². The van der Waals surface area contributed by atoms with Crippen LogP contribution in [0.1, 0.15) is 58.0 Å². The molecule has 0 bridgehead atoms. The summed E-state index contributed by atoms with van der Waals surface area (Å²) in [6.45, 7) is 7.85. The minimum atomic E-state index is -4.81. The van der Waals surface area contributed by atoms with Gasteiger partial charge in [-0.25, -0.2) is 19.2 Å². The molecule has 0 spiro atoms. The van der Waals surface area contributed by atoms with E-state index in [9.17, 15) is 31.9 Å². The van der Waals surface area contributed by atoms with Crippen LogP contribution < -0.4 is 9.64 Å². The van der Waals surface area contributed by atoms with Crippen molar-refractivity contribution in [3.8, 4) is 5.75 Å². The molecule has 0 radical (unpaired) electrons. The molecule has 4 heterocycles. The lowest BCUT2D eigenvalue weighted by Gasteiger charge is -2.41. The number of aromatic amines is 1. The second-order valence-electron chi connectivity index (χ2n) is 12.6. The van der Waals surface area contributed by atoms with Crippen LogP contribution in [0.4, 0.5) is 32.6 Å². The zero-order valence-corrected chi connectivity index (χ0v) is 25.7. The number of piperazine rings is 1. The number of anilines is 1. The van der Waals surface area contributed by atoms with Crippen LogP contribution in [0.25, 0.3) is 11.0 Å². The van der Waals surface area contributed by atoms with Gasteiger partial charge < -0.3 is 29.2 Å². The largest absolute Gasteiger partial charge is 0.493 e. The fraction of sp³-hybridized carbons (Fsp3) is 0.567. The summed E-state index contributed by atoms with van der Waals surface area (Å²) in [6, 6.07) is 3.02. The fourth-order valence-electron chi connectivity index (χ4n) is 6.12. The molecule has 5 rings (SSSR count). The fourth-order valence-corrected chi connectivity index (χ4v) is 6.12. The molecule has 0 unspecified atom stereocenters. The summed E-state index contributed by atoms with van der Waals surface area (Å²) in [4.78, 5) is 28.2. The highest BCUT2D eigenvalue weighted by molar-refractivity contribution is 5.86. The summed E-state index contributed by atoms with van der Waals surface area (Å²) < 4.78 is 88.7. The summed E-state index contributed by atoms with van der Waals surface area (Å²) in [7, 11) is 1.11. The van der Waals surface area contributed by atoms with Gasteiger partial charge in [0.1, 0.15) is 23.0 Å². The van der Waals surface area contributed by atoms with E-state index < -0.39 is 64.8 Å². The van der Waals surface area contributed by atoms with Gasteiger partial charge >= 0.3 is 12.3 Å². The Hall–Kier alpha value is -3.72. The number of H-pyrrole nitrogens is 1. The Kier molecular flexibility index (Phi) is 8.40. The number of carbonyl (C=O) groups is 1. The normalized spacial score (nSPS) is 26.0. The van der Waals surface area contributed by atoms with Crippen LogP contribution in [0.2, 0.25) is 0 Å². The van der Waals surface area contributed by atoms with E-state index in [1.807, 2.05) is 4.90 Å². The molecule has 2 N–H and O–H groups in total. The summed E-state index contributed by atoms with van der Waals surface area (Å²) in [5, 5.41) is 10.1. The highest BCUT2D eigenvalue weighted by Gasteiger charge is 2.65. The number of hydrogen-bond acceptors (Lipinski definition) is 8. The van der Waals surface area contributed by atoms with Gasteiger partial charge in [0.2, 0.25) is 5.82 Å². The first-order valence-corrected chi connectivity index (χ1v) is 14.5. The molecular weight excluding hydrogens is 605 g/mol. The highest BCUT2D eigenvalue weighted by atomic mass is 19.4. The van der Waals surface area contributed by atoms with Crippen LogP contribution in [-0.2, 0) is 9.47 Å². The Bertz CT molecular complexity index is 1580. The minimum Gasteiger partial charge on any atom is -0.493 e. The van der Waals surface area contributed by atoms with Crippen molar-refractivity contribution in [3.63, 3.8) is 0 Å². The third-order valence-electron chi connectivity index (χ3n) is 8.60. The van der Waals surface area contributed by atoms with E-state index >= 15 is 0 Å². The van der Waals surface area contributed by atoms with Gasteiger partial charge in [-0.15, -0.1) is 0 Å². The molecule has 45 heavy (non-hydrogen) atoms. The van der Waals surface area contributed by atoms with Gasteiger partial charge in [-0.3, -0.25) is 4.90 Å². The second kappa shape index (κ2) is 11.6. The monoisotopic (exact) mass is 641 g/mol. The molecule has 1 aromatic carbocycles. The standard InChI is InChI=1S/C30H36F5N5O5/c1-15-20(17-7-8-18(31)21(32)23(17)43-6)24(44-29(15,5)30(33,34)35)25-37-19-9-10-36-26(22(19)38-25)39-11-12-40(16(13-39)14-41)27(42)45-28(2,3)4/h7-10,15-16,20,24,41H,11-14H2,1-6H3,(H,37,38)/t15-,16-,20-,24+,29+/m0/s1. The van der Waals surface area contributed by atoms with Crippen LogP contribution in [0.5, 0.6) is 5.75 Å². The van der Waals surface area contributed by atoms with Gasteiger partial charge in [0, 0.05) is 43.2 Å². The number of aliphatic hydroxyl groups excluding tert-OH is 1. The van der Waals surface area contributed by atoms with Gasteiger partial charge in [-0.1, -0.05) is 13.0 Å².